The second kappa shape index (κ2) is 7.38. The molecule has 0 saturated carbocycles. The van der Waals surface area contributed by atoms with Gasteiger partial charge in [-0.1, -0.05) is 0 Å². The van der Waals surface area contributed by atoms with Crippen LogP contribution < -0.4 is 4.74 Å². The highest BCUT2D eigenvalue weighted by Crippen LogP contribution is 2.22. The first-order valence-electron chi connectivity index (χ1n) is 9.28. The molecule has 2 aromatic heterocycles. The number of carbonyl (C=O) groups is 2. The van der Waals surface area contributed by atoms with E-state index in [-0.39, 0.29) is 17.9 Å². The molecule has 0 aromatic carbocycles. The Bertz CT molecular complexity index is 812. The van der Waals surface area contributed by atoms with Crippen molar-refractivity contribution in [1.29, 1.82) is 0 Å². The van der Waals surface area contributed by atoms with Crippen LogP contribution in [0.25, 0.3) is 0 Å². The van der Waals surface area contributed by atoms with Crippen molar-refractivity contribution in [2.24, 2.45) is 0 Å². The minimum Gasteiger partial charge on any atom is -0.488 e. The quantitative estimate of drug-likeness (QED) is 0.806. The summed E-state index contributed by atoms with van der Waals surface area (Å²) in [4.78, 5) is 31.9. The molecule has 0 spiro atoms. The third kappa shape index (κ3) is 3.79. The summed E-state index contributed by atoms with van der Waals surface area (Å²) in [5, 5.41) is 4.50. The molecule has 2 aliphatic heterocycles. The van der Waals surface area contributed by atoms with Crippen molar-refractivity contribution in [3.63, 3.8) is 0 Å². The number of aromatic nitrogens is 3. The van der Waals surface area contributed by atoms with E-state index in [2.05, 4.69) is 10.1 Å². The zero-order valence-electron chi connectivity index (χ0n) is 15.4. The van der Waals surface area contributed by atoms with E-state index < -0.39 is 0 Å². The van der Waals surface area contributed by atoms with Gasteiger partial charge < -0.3 is 14.5 Å². The molecular formula is C19H23N5O3. The molecule has 0 radical (unpaired) electrons. The summed E-state index contributed by atoms with van der Waals surface area (Å²) in [5.41, 5.74) is 1.49. The predicted molar refractivity (Wildman–Crippen MR) is 97.4 cm³/mol. The molecule has 0 N–H and O–H groups in total. The third-order valence-corrected chi connectivity index (χ3v) is 5.08. The summed E-state index contributed by atoms with van der Waals surface area (Å²) in [7, 11) is 0. The molecule has 4 heterocycles. The van der Waals surface area contributed by atoms with Crippen molar-refractivity contribution in [3.8, 4) is 5.75 Å². The van der Waals surface area contributed by atoms with E-state index in [1.807, 2.05) is 22.9 Å². The highest BCUT2D eigenvalue weighted by Gasteiger charge is 2.29. The number of rotatable bonds is 3. The van der Waals surface area contributed by atoms with Crippen molar-refractivity contribution >= 4 is 11.8 Å². The predicted octanol–water partition coefficient (Wildman–Crippen LogP) is 0.976. The van der Waals surface area contributed by atoms with Crippen LogP contribution in [-0.4, -0.2) is 68.7 Å². The lowest BCUT2D eigenvalue weighted by atomic mass is 10.2. The van der Waals surface area contributed by atoms with E-state index in [1.54, 1.807) is 29.1 Å². The second-order valence-corrected chi connectivity index (χ2v) is 6.98. The first kappa shape index (κ1) is 17.5. The lowest BCUT2D eigenvalue weighted by Gasteiger charge is -2.20. The van der Waals surface area contributed by atoms with Crippen LogP contribution in [-0.2, 0) is 17.8 Å². The normalized spacial score (nSPS) is 19.5. The number of carbonyl (C=O) groups excluding carboxylic acids is 2. The van der Waals surface area contributed by atoms with Crippen LogP contribution in [0.5, 0.6) is 5.75 Å². The standard InChI is InChI=1S/C19H23N5O3/c1-14(25)22-7-2-8-23(10-9-22)19(26)18-12-15-11-17(13-24(15)21-18)27-16-3-5-20-6-4-16/h3-6,12,17H,2,7-11,13H2,1H3/t17-/m0/s1. The number of hydrogen-bond donors (Lipinski definition) is 0. The van der Waals surface area contributed by atoms with Crippen molar-refractivity contribution < 1.29 is 14.3 Å². The Balaban J connectivity index is 1.38. The summed E-state index contributed by atoms with van der Waals surface area (Å²) in [6.07, 6.45) is 4.94. The van der Waals surface area contributed by atoms with Crippen LogP contribution in [0.1, 0.15) is 29.5 Å². The zero-order valence-corrected chi connectivity index (χ0v) is 15.4. The van der Waals surface area contributed by atoms with Gasteiger partial charge in [0, 0.05) is 57.6 Å². The molecule has 27 heavy (non-hydrogen) atoms. The zero-order chi connectivity index (χ0) is 18.8. The van der Waals surface area contributed by atoms with Crippen molar-refractivity contribution in [2.75, 3.05) is 26.2 Å². The molecule has 0 aliphatic carbocycles. The Hall–Kier alpha value is -2.90. The van der Waals surface area contributed by atoms with Gasteiger partial charge >= 0.3 is 0 Å². The molecule has 142 valence electrons. The second-order valence-electron chi connectivity index (χ2n) is 6.98. The lowest BCUT2D eigenvalue weighted by Crippen LogP contribution is -2.36. The first-order valence-corrected chi connectivity index (χ1v) is 9.28. The first-order chi connectivity index (χ1) is 13.1. The molecule has 2 aliphatic rings. The van der Waals surface area contributed by atoms with E-state index in [1.165, 1.54) is 0 Å². The summed E-state index contributed by atoms with van der Waals surface area (Å²) in [6, 6.07) is 5.53. The molecule has 1 atom stereocenters. The Labute approximate surface area is 157 Å². The van der Waals surface area contributed by atoms with Gasteiger partial charge in [-0.05, 0) is 24.6 Å². The Morgan fingerprint density at radius 2 is 1.85 bits per heavy atom. The van der Waals surface area contributed by atoms with Gasteiger partial charge in [-0.3, -0.25) is 19.3 Å². The van der Waals surface area contributed by atoms with Gasteiger partial charge in [-0.15, -0.1) is 0 Å². The molecule has 0 bridgehead atoms. The van der Waals surface area contributed by atoms with Crippen LogP contribution in [0.15, 0.2) is 30.6 Å². The Morgan fingerprint density at radius 3 is 2.59 bits per heavy atom. The van der Waals surface area contributed by atoms with Gasteiger partial charge in [0.25, 0.3) is 5.91 Å². The molecule has 1 saturated heterocycles. The van der Waals surface area contributed by atoms with Crippen LogP contribution in [0, 0.1) is 0 Å². The van der Waals surface area contributed by atoms with E-state index in [0.717, 1.165) is 24.3 Å². The highest BCUT2D eigenvalue weighted by atomic mass is 16.5. The van der Waals surface area contributed by atoms with Gasteiger partial charge in [0.1, 0.15) is 11.9 Å². The molecule has 4 rings (SSSR count). The van der Waals surface area contributed by atoms with E-state index in [4.69, 9.17) is 4.74 Å². The fraction of sp³-hybridized carbons (Fsp3) is 0.474. The maximum Gasteiger partial charge on any atom is 0.274 e. The van der Waals surface area contributed by atoms with Crippen molar-refractivity contribution in [1.82, 2.24) is 24.6 Å². The fourth-order valence-corrected chi connectivity index (χ4v) is 3.66. The van der Waals surface area contributed by atoms with Gasteiger partial charge in [0.15, 0.2) is 5.69 Å². The van der Waals surface area contributed by atoms with E-state index >= 15 is 0 Å². The van der Waals surface area contributed by atoms with Gasteiger partial charge in [0.05, 0.1) is 6.54 Å². The summed E-state index contributed by atoms with van der Waals surface area (Å²) in [6.45, 7) is 4.68. The molecule has 0 unspecified atom stereocenters. The fourth-order valence-electron chi connectivity index (χ4n) is 3.66. The van der Waals surface area contributed by atoms with Gasteiger partial charge in [-0.2, -0.15) is 5.10 Å². The van der Waals surface area contributed by atoms with Crippen molar-refractivity contribution in [2.45, 2.75) is 32.4 Å². The molecule has 8 nitrogen and oxygen atoms in total. The monoisotopic (exact) mass is 369 g/mol. The SMILES string of the molecule is CC(=O)N1CCCN(C(=O)c2cc3n(n2)C[C@@H](Oc2ccncc2)C3)CC1. The number of hydrogen-bond acceptors (Lipinski definition) is 5. The third-order valence-electron chi connectivity index (χ3n) is 5.08. The maximum atomic E-state index is 12.8. The number of ether oxygens (including phenoxy) is 1. The Kier molecular flexibility index (Phi) is 4.79. The number of pyridine rings is 1. The van der Waals surface area contributed by atoms with Crippen molar-refractivity contribution in [3.05, 3.63) is 42.0 Å². The molecule has 8 heteroatoms. The minimum atomic E-state index is -0.0612. The van der Waals surface area contributed by atoms with Gasteiger partial charge in [0.2, 0.25) is 5.91 Å². The smallest absolute Gasteiger partial charge is 0.274 e. The maximum absolute atomic E-state index is 12.8. The molecule has 2 amide bonds. The topological polar surface area (TPSA) is 80.6 Å². The van der Waals surface area contributed by atoms with E-state index in [0.29, 0.717) is 38.4 Å². The average Bonchev–Trinajstić information content (AvgIpc) is 3.10. The average molecular weight is 369 g/mol. The summed E-state index contributed by atoms with van der Waals surface area (Å²) >= 11 is 0. The molecular weight excluding hydrogens is 346 g/mol. The highest BCUT2D eigenvalue weighted by molar-refractivity contribution is 5.92. The molecule has 2 aromatic rings. The van der Waals surface area contributed by atoms with Gasteiger partial charge in [-0.25, -0.2) is 0 Å². The van der Waals surface area contributed by atoms with Crippen LogP contribution >= 0.6 is 0 Å². The molecule has 1 fully saturated rings. The minimum absolute atomic E-state index is 0.0152. The lowest BCUT2D eigenvalue weighted by molar-refractivity contribution is -0.128. The number of nitrogens with zero attached hydrogens (tertiary/aromatic N) is 5. The van der Waals surface area contributed by atoms with Crippen LogP contribution in [0.3, 0.4) is 0 Å². The number of amides is 2. The van der Waals surface area contributed by atoms with E-state index in [9.17, 15) is 9.59 Å². The Morgan fingerprint density at radius 1 is 1.11 bits per heavy atom. The number of fused-ring (bicyclic) bond motifs is 1. The van der Waals surface area contributed by atoms with Crippen LogP contribution in [0.4, 0.5) is 0 Å². The summed E-state index contributed by atoms with van der Waals surface area (Å²) in [5.74, 6) is 0.788. The van der Waals surface area contributed by atoms with Crippen LogP contribution in [0.2, 0.25) is 0 Å². The largest absolute Gasteiger partial charge is 0.488 e. The summed E-state index contributed by atoms with van der Waals surface area (Å²) < 4.78 is 7.81.